The summed E-state index contributed by atoms with van der Waals surface area (Å²) in [6.07, 6.45) is 12.0. The normalized spacial score (nSPS) is 18.2. The third-order valence-electron chi connectivity index (χ3n) is 3.97. The molecule has 0 aliphatic heterocycles. The van der Waals surface area contributed by atoms with Crippen molar-refractivity contribution in [3.05, 3.63) is 29.6 Å². The summed E-state index contributed by atoms with van der Waals surface area (Å²) in [5.41, 5.74) is 2.47. The van der Waals surface area contributed by atoms with Crippen LogP contribution in [0.2, 0.25) is 0 Å². The zero-order chi connectivity index (χ0) is 12.8. The van der Waals surface area contributed by atoms with Gasteiger partial charge in [-0.05, 0) is 49.0 Å². The van der Waals surface area contributed by atoms with Crippen LogP contribution < -0.4 is 0 Å². The smallest absolute Gasteiger partial charge is 0.0648 e. The van der Waals surface area contributed by atoms with Crippen LogP contribution >= 0.6 is 0 Å². The van der Waals surface area contributed by atoms with Gasteiger partial charge >= 0.3 is 0 Å². The van der Waals surface area contributed by atoms with Crippen LogP contribution in [0.5, 0.6) is 0 Å². The van der Waals surface area contributed by atoms with E-state index in [1.807, 2.05) is 0 Å². The molecule has 1 fully saturated rings. The van der Waals surface area contributed by atoms with E-state index in [-0.39, 0.29) is 6.61 Å². The molecule has 0 unspecified atom stereocenters. The standard InChI is InChI=1S/C16H25NO/c1-2-10-17-11-6-9-16(17)12-15(13-18)14-7-4-3-5-8-14/h6,9,11-12,14,18H,2-5,7-8,10,13H2,1H3. The predicted molar refractivity (Wildman–Crippen MR) is 76.4 cm³/mol. The molecular formula is C16H25NO. The molecule has 0 radical (unpaired) electrons. The SMILES string of the molecule is CCCn1cccc1C=C(CO)C1CCCCC1. The highest BCUT2D eigenvalue weighted by Gasteiger charge is 2.17. The van der Waals surface area contributed by atoms with Crippen molar-refractivity contribution in [3.8, 4) is 0 Å². The van der Waals surface area contributed by atoms with Gasteiger partial charge in [-0.2, -0.15) is 0 Å². The summed E-state index contributed by atoms with van der Waals surface area (Å²) in [5, 5.41) is 9.62. The Morgan fingerprint density at radius 3 is 2.83 bits per heavy atom. The maximum atomic E-state index is 9.62. The molecule has 2 nitrogen and oxygen atoms in total. The highest BCUT2D eigenvalue weighted by molar-refractivity contribution is 5.50. The van der Waals surface area contributed by atoms with Crippen LogP contribution in [-0.2, 0) is 6.54 Å². The van der Waals surface area contributed by atoms with Crippen LogP contribution in [0.25, 0.3) is 6.08 Å². The summed E-state index contributed by atoms with van der Waals surface area (Å²) >= 11 is 0. The average molecular weight is 247 g/mol. The van der Waals surface area contributed by atoms with Gasteiger partial charge in [0.2, 0.25) is 0 Å². The van der Waals surface area contributed by atoms with Crippen molar-refractivity contribution < 1.29 is 5.11 Å². The third kappa shape index (κ3) is 3.26. The highest BCUT2D eigenvalue weighted by Crippen LogP contribution is 2.30. The predicted octanol–water partition coefficient (Wildman–Crippen LogP) is 3.85. The van der Waals surface area contributed by atoms with Crippen molar-refractivity contribution in [1.82, 2.24) is 4.57 Å². The van der Waals surface area contributed by atoms with E-state index >= 15 is 0 Å². The summed E-state index contributed by atoms with van der Waals surface area (Å²) in [7, 11) is 0. The van der Waals surface area contributed by atoms with Crippen LogP contribution in [-0.4, -0.2) is 16.3 Å². The van der Waals surface area contributed by atoms with Gasteiger partial charge < -0.3 is 9.67 Å². The first-order valence-electron chi connectivity index (χ1n) is 7.31. The average Bonchev–Trinajstić information content (AvgIpc) is 2.85. The molecule has 2 rings (SSSR count). The van der Waals surface area contributed by atoms with Gasteiger partial charge in [0.1, 0.15) is 0 Å². The molecule has 1 aliphatic carbocycles. The first kappa shape index (κ1) is 13.4. The Hall–Kier alpha value is -1.02. The molecule has 0 aromatic carbocycles. The number of hydrogen-bond acceptors (Lipinski definition) is 1. The molecule has 0 atom stereocenters. The minimum atomic E-state index is 0.210. The molecular weight excluding hydrogens is 222 g/mol. The minimum Gasteiger partial charge on any atom is -0.392 e. The lowest BCUT2D eigenvalue weighted by atomic mass is 9.83. The molecule has 0 amide bonds. The van der Waals surface area contributed by atoms with E-state index in [9.17, 15) is 5.11 Å². The minimum absolute atomic E-state index is 0.210. The fourth-order valence-corrected chi connectivity index (χ4v) is 2.96. The second-order valence-electron chi connectivity index (χ2n) is 5.34. The maximum Gasteiger partial charge on any atom is 0.0648 e. The van der Waals surface area contributed by atoms with Gasteiger partial charge in [0, 0.05) is 18.4 Å². The van der Waals surface area contributed by atoms with E-state index in [1.165, 1.54) is 43.4 Å². The van der Waals surface area contributed by atoms with Crippen LogP contribution in [0, 0.1) is 5.92 Å². The summed E-state index contributed by atoms with van der Waals surface area (Å²) in [6.45, 7) is 3.46. The monoisotopic (exact) mass is 247 g/mol. The zero-order valence-electron chi connectivity index (χ0n) is 11.4. The number of aliphatic hydroxyl groups is 1. The molecule has 0 saturated heterocycles. The molecule has 0 bridgehead atoms. The van der Waals surface area contributed by atoms with Crippen molar-refractivity contribution in [2.45, 2.75) is 52.0 Å². The topological polar surface area (TPSA) is 25.2 Å². The van der Waals surface area contributed by atoms with Crippen molar-refractivity contribution in [2.24, 2.45) is 5.92 Å². The van der Waals surface area contributed by atoms with Crippen molar-refractivity contribution >= 4 is 6.08 Å². The lowest BCUT2D eigenvalue weighted by molar-refractivity contribution is 0.295. The lowest BCUT2D eigenvalue weighted by Crippen LogP contribution is -2.12. The van der Waals surface area contributed by atoms with E-state index in [0.29, 0.717) is 5.92 Å². The van der Waals surface area contributed by atoms with Crippen molar-refractivity contribution in [2.75, 3.05) is 6.61 Å². The van der Waals surface area contributed by atoms with Gasteiger partial charge in [0.05, 0.1) is 6.61 Å². The Kier molecular flexibility index (Phi) is 5.06. The van der Waals surface area contributed by atoms with E-state index in [4.69, 9.17) is 0 Å². The summed E-state index contributed by atoms with van der Waals surface area (Å²) in [5.74, 6) is 0.605. The van der Waals surface area contributed by atoms with E-state index in [0.717, 1.165) is 13.0 Å². The van der Waals surface area contributed by atoms with Crippen LogP contribution in [0.3, 0.4) is 0 Å². The zero-order valence-corrected chi connectivity index (χ0v) is 11.4. The Balaban J connectivity index is 2.14. The van der Waals surface area contributed by atoms with Crippen molar-refractivity contribution in [1.29, 1.82) is 0 Å². The van der Waals surface area contributed by atoms with Crippen molar-refractivity contribution in [3.63, 3.8) is 0 Å². The Labute approximate surface area is 110 Å². The second kappa shape index (κ2) is 6.79. The molecule has 1 aliphatic rings. The van der Waals surface area contributed by atoms with Crippen LogP contribution in [0.1, 0.15) is 51.1 Å². The molecule has 2 heteroatoms. The summed E-state index contributed by atoms with van der Waals surface area (Å²) in [4.78, 5) is 0. The fraction of sp³-hybridized carbons (Fsp3) is 0.625. The van der Waals surface area contributed by atoms with Gasteiger partial charge in [-0.3, -0.25) is 0 Å². The molecule has 100 valence electrons. The largest absolute Gasteiger partial charge is 0.392 e. The van der Waals surface area contributed by atoms with E-state index < -0.39 is 0 Å². The number of hydrogen-bond donors (Lipinski definition) is 1. The van der Waals surface area contributed by atoms with E-state index in [2.05, 4.69) is 35.9 Å². The molecule has 18 heavy (non-hydrogen) atoms. The fourth-order valence-electron chi connectivity index (χ4n) is 2.96. The molecule has 1 aromatic rings. The van der Waals surface area contributed by atoms with Gasteiger partial charge in [0.15, 0.2) is 0 Å². The van der Waals surface area contributed by atoms with Gasteiger partial charge in [0.25, 0.3) is 0 Å². The van der Waals surface area contributed by atoms with Gasteiger partial charge in [-0.1, -0.05) is 26.2 Å². The lowest BCUT2D eigenvalue weighted by Gasteiger charge is -2.23. The molecule has 1 heterocycles. The van der Waals surface area contributed by atoms with Gasteiger partial charge in [-0.15, -0.1) is 0 Å². The summed E-state index contributed by atoms with van der Waals surface area (Å²) in [6, 6.07) is 4.24. The highest BCUT2D eigenvalue weighted by atomic mass is 16.3. The number of aliphatic hydroxyl groups excluding tert-OH is 1. The Bertz CT molecular complexity index is 386. The molecule has 0 spiro atoms. The number of aryl methyl sites for hydroxylation is 1. The Morgan fingerprint density at radius 1 is 1.39 bits per heavy atom. The molecule has 1 aromatic heterocycles. The molecule has 1 N–H and O–H groups in total. The number of aromatic nitrogens is 1. The van der Waals surface area contributed by atoms with Crippen LogP contribution in [0.4, 0.5) is 0 Å². The number of rotatable bonds is 5. The summed E-state index contributed by atoms with van der Waals surface area (Å²) < 4.78 is 2.28. The third-order valence-corrected chi connectivity index (χ3v) is 3.97. The first-order valence-corrected chi connectivity index (χ1v) is 7.31. The quantitative estimate of drug-likeness (QED) is 0.840. The molecule has 1 saturated carbocycles. The maximum absolute atomic E-state index is 9.62. The first-order chi connectivity index (χ1) is 8.85. The second-order valence-corrected chi connectivity index (χ2v) is 5.34. The number of nitrogens with zero attached hydrogens (tertiary/aromatic N) is 1. The van der Waals surface area contributed by atoms with Gasteiger partial charge in [-0.25, -0.2) is 0 Å². The Morgan fingerprint density at radius 2 is 2.17 bits per heavy atom. The van der Waals surface area contributed by atoms with Crippen LogP contribution in [0.15, 0.2) is 23.9 Å². The van der Waals surface area contributed by atoms with E-state index in [1.54, 1.807) is 0 Å².